The molecule has 1 aromatic rings. The summed E-state index contributed by atoms with van der Waals surface area (Å²) < 4.78 is 35.0. The van der Waals surface area contributed by atoms with Crippen LogP contribution in [-0.4, -0.2) is 73.8 Å². The van der Waals surface area contributed by atoms with E-state index in [0.29, 0.717) is 12.2 Å². The van der Waals surface area contributed by atoms with E-state index >= 15 is 0 Å². The van der Waals surface area contributed by atoms with Gasteiger partial charge in [-0.05, 0) is 44.9 Å². The SMILES string of the molecule is CC(C)(C)OC(=O)[C@@H](N)Cc1ccc(OC(=O)N2CCN(S(C)(=O)=O)CC2)cc1. The van der Waals surface area contributed by atoms with Crippen LogP contribution in [0.25, 0.3) is 0 Å². The number of carbonyl (C=O) groups is 2. The molecule has 1 amide bonds. The van der Waals surface area contributed by atoms with Crippen molar-refractivity contribution < 1.29 is 27.5 Å². The second-order valence-electron chi connectivity index (χ2n) is 8.01. The van der Waals surface area contributed by atoms with Gasteiger partial charge in [0.05, 0.1) is 6.26 Å². The highest BCUT2D eigenvalue weighted by Crippen LogP contribution is 2.16. The lowest BCUT2D eigenvalue weighted by Gasteiger charge is -2.32. The van der Waals surface area contributed by atoms with Crippen molar-refractivity contribution in [1.29, 1.82) is 0 Å². The number of sulfonamides is 1. The van der Waals surface area contributed by atoms with Crippen LogP contribution in [-0.2, 0) is 26.0 Å². The fourth-order valence-electron chi connectivity index (χ4n) is 2.78. The molecule has 2 N–H and O–H groups in total. The number of nitrogens with two attached hydrogens (primary N) is 1. The Kier molecular flexibility index (Phi) is 7.25. The maximum Gasteiger partial charge on any atom is 0.415 e. The first-order valence-corrected chi connectivity index (χ1v) is 11.2. The molecule has 1 saturated heterocycles. The number of amides is 1. The number of nitrogens with zero attached hydrogens (tertiary/aromatic N) is 2. The number of benzene rings is 1. The van der Waals surface area contributed by atoms with Gasteiger partial charge in [0.15, 0.2) is 0 Å². The summed E-state index contributed by atoms with van der Waals surface area (Å²) in [6.07, 6.45) is 0.921. The van der Waals surface area contributed by atoms with Crippen LogP contribution in [0.5, 0.6) is 5.75 Å². The summed E-state index contributed by atoms with van der Waals surface area (Å²) in [7, 11) is -3.25. The Morgan fingerprint density at radius 2 is 1.66 bits per heavy atom. The van der Waals surface area contributed by atoms with Gasteiger partial charge in [-0.25, -0.2) is 13.2 Å². The molecule has 1 heterocycles. The zero-order chi connectivity index (χ0) is 21.8. The van der Waals surface area contributed by atoms with Gasteiger partial charge in [0.25, 0.3) is 0 Å². The summed E-state index contributed by atoms with van der Waals surface area (Å²) in [5.41, 5.74) is 6.11. The zero-order valence-electron chi connectivity index (χ0n) is 17.3. The van der Waals surface area contributed by atoms with Crippen LogP contribution in [0.1, 0.15) is 26.3 Å². The van der Waals surface area contributed by atoms with E-state index in [0.717, 1.165) is 11.8 Å². The Morgan fingerprint density at radius 1 is 1.10 bits per heavy atom. The van der Waals surface area contributed by atoms with E-state index in [1.165, 1.54) is 9.21 Å². The molecule has 29 heavy (non-hydrogen) atoms. The van der Waals surface area contributed by atoms with Gasteiger partial charge in [0.2, 0.25) is 10.0 Å². The summed E-state index contributed by atoms with van der Waals surface area (Å²) in [5.74, 6) is -0.114. The van der Waals surface area contributed by atoms with E-state index in [1.54, 1.807) is 45.0 Å². The number of esters is 1. The van der Waals surface area contributed by atoms with Crippen molar-refractivity contribution in [2.45, 2.75) is 38.8 Å². The summed E-state index contributed by atoms with van der Waals surface area (Å²) in [5, 5.41) is 0. The molecule has 0 bridgehead atoms. The molecule has 1 aromatic carbocycles. The predicted octanol–water partition coefficient (Wildman–Crippen LogP) is 0.974. The maximum atomic E-state index is 12.3. The molecule has 0 spiro atoms. The third kappa shape index (κ3) is 7.30. The molecule has 10 heteroatoms. The highest BCUT2D eigenvalue weighted by molar-refractivity contribution is 7.88. The van der Waals surface area contributed by atoms with Gasteiger partial charge in [-0.15, -0.1) is 0 Å². The van der Waals surface area contributed by atoms with E-state index in [1.807, 2.05) is 0 Å². The van der Waals surface area contributed by atoms with E-state index in [2.05, 4.69) is 0 Å². The van der Waals surface area contributed by atoms with Crippen LogP contribution < -0.4 is 10.5 Å². The summed E-state index contributed by atoms with van der Waals surface area (Å²) >= 11 is 0. The molecule has 0 radical (unpaired) electrons. The minimum absolute atomic E-state index is 0.245. The van der Waals surface area contributed by atoms with Crippen molar-refractivity contribution in [3.05, 3.63) is 29.8 Å². The highest BCUT2D eigenvalue weighted by Gasteiger charge is 2.27. The van der Waals surface area contributed by atoms with Crippen LogP contribution >= 0.6 is 0 Å². The normalized spacial score (nSPS) is 16.9. The Balaban J connectivity index is 1.86. The van der Waals surface area contributed by atoms with Crippen LogP contribution in [0.2, 0.25) is 0 Å². The number of hydrogen-bond acceptors (Lipinski definition) is 7. The highest BCUT2D eigenvalue weighted by atomic mass is 32.2. The van der Waals surface area contributed by atoms with Crippen molar-refractivity contribution in [3.8, 4) is 5.75 Å². The van der Waals surface area contributed by atoms with Crippen LogP contribution in [0.4, 0.5) is 4.79 Å². The number of carbonyl (C=O) groups excluding carboxylic acids is 2. The smallest absolute Gasteiger partial charge is 0.415 e. The van der Waals surface area contributed by atoms with E-state index < -0.39 is 33.7 Å². The zero-order valence-corrected chi connectivity index (χ0v) is 18.1. The van der Waals surface area contributed by atoms with Gasteiger partial charge in [0.1, 0.15) is 17.4 Å². The first-order valence-electron chi connectivity index (χ1n) is 9.34. The molecule has 9 nitrogen and oxygen atoms in total. The van der Waals surface area contributed by atoms with Crippen molar-refractivity contribution in [1.82, 2.24) is 9.21 Å². The molecule has 0 aliphatic carbocycles. The standard InChI is InChI=1S/C19H29N3O6S/c1-19(2,3)28-17(23)16(20)13-14-5-7-15(8-6-14)27-18(24)21-9-11-22(12-10-21)29(4,25)26/h5-8,16H,9-13,20H2,1-4H3/t16-/m0/s1. The number of rotatable bonds is 5. The first kappa shape index (κ1) is 23.1. The third-order valence-electron chi connectivity index (χ3n) is 4.26. The molecule has 2 rings (SSSR count). The maximum absolute atomic E-state index is 12.3. The molecular weight excluding hydrogens is 398 g/mol. The summed E-state index contributed by atoms with van der Waals surface area (Å²) in [6.45, 7) is 6.37. The second kappa shape index (κ2) is 9.10. The Hall–Kier alpha value is -2.17. The summed E-state index contributed by atoms with van der Waals surface area (Å²) in [6, 6.07) is 5.93. The quantitative estimate of drug-likeness (QED) is 0.696. The lowest BCUT2D eigenvalue weighted by molar-refractivity contribution is -0.156. The Bertz CT molecular complexity index is 824. The molecule has 162 valence electrons. The number of piperazine rings is 1. The fourth-order valence-corrected chi connectivity index (χ4v) is 3.60. The minimum Gasteiger partial charge on any atom is -0.459 e. The molecular formula is C19H29N3O6S. The van der Waals surface area contributed by atoms with Crippen LogP contribution in [0, 0.1) is 0 Å². The number of hydrogen-bond donors (Lipinski definition) is 1. The van der Waals surface area contributed by atoms with Crippen molar-refractivity contribution in [2.75, 3.05) is 32.4 Å². The molecule has 1 aliphatic heterocycles. The molecule has 1 aliphatic rings. The van der Waals surface area contributed by atoms with Crippen LogP contribution in [0.15, 0.2) is 24.3 Å². The molecule has 1 atom stereocenters. The van der Waals surface area contributed by atoms with Gasteiger partial charge in [0, 0.05) is 26.2 Å². The molecule has 1 fully saturated rings. The average molecular weight is 428 g/mol. The number of ether oxygens (including phenoxy) is 2. The topological polar surface area (TPSA) is 119 Å². The largest absolute Gasteiger partial charge is 0.459 e. The van der Waals surface area contributed by atoms with Gasteiger partial charge in [-0.3, -0.25) is 4.79 Å². The molecule has 0 aromatic heterocycles. The lowest BCUT2D eigenvalue weighted by atomic mass is 10.1. The molecule has 0 unspecified atom stereocenters. The second-order valence-corrected chi connectivity index (χ2v) is 9.99. The van der Waals surface area contributed by atoms with Gasteiger partial charge < -0.3 is 20.1 Å². The lowest BCUT2D eigenvalue weighted by Crippen LogP contribution is -2.51. The van der Waals surface area contributed by atoms with Crippen molar-refractivity contribution in [3.63, 3.8) is 0 Å². The Labute approximate surface area is 171 Å². The van der Waals surface area contributed by atoms with Crippen LogP contribution in [0.3, 0.4) is 0 Å². The monoisotopic (exact) mass is 427 g/mol. The molecule has 0 saturated carbocycles. The van der Waals surface area contributed by atoms with Crippen molar-refractivity contribution >= 4 is 22.1 Å². The van der Waals surface area contributed by atoms with Crippen molar-refractivity contribution in [2.24, 2.45) is 5.73 Å². The first-order chi connectivity index (χ1) is 13.3. The minimum atomic E-state index is -3.25. The average Bonchev–Trinajstić information content (AvgIpc) is 2.61. The van der Waals surface area contributed by atoms with Gasteiger partial charge in [-0.2, -0.15) is 4.31 Å². The van der Waals surface area contributed by atoms with E-state index in [9.17, 15) is 18.0 Å². The fraction of sp³-hybridized carbons (Fsp3) is 0.579. The summed E-state index contributed by atoms with van der Waals surface area (Å²) in [4.78, 5) is 25.7. The van der Waals surface area contributed by atoms with Gasteiger partial charge in [-0.1, -0.05) is 12.1 Å². The predicted molar refractivity (Wildman–Crippen MR) is 108 cm³/mol. The Morgan fingerprint density at radius 3 is 2.14 bits per heavy atom. The van der Waals surface area contributed by atoms with E-state index in [-0.39, 0.29) is 26.2 Å². The third-order valence-corrected chi connectivity index (χ3v) is 5.56. The van der Waals surface area contributed by atoms with E-state index in [4.69, 9.17) is 15.2 Å². The van der Waals surface area contributed by atoms with Gasteiger partial charge >= 0.3 is 12.1 Å².